The highest BCUT2D eigenvalue weighted by atomic mass is 19.1. The first kappa shape index (κ1) is 25.8. The molecule has 0 bridgehead atoms. The maximum absolute atomic E-state index is 13.6. The van der Waals surface area contributed by atoms with Crippen LogP contribution >= 0.6 is 0 Å². The molecule has 3 aromatic carbocycles. The van der Waals surface area contributed by atoms with Crippen LogP contribution in [0.1, 0.15) is 25.0 Å². The Kier molecular flexibility index (Phi) is 8.40. The van der Waals surface area contributed by atoms with Gasteiger partial charge in [0.05, 0.1) is 18.9 Å². The molecule has 0 radical (unpaired) electrons. The van der Waals surface area contributed by atoms with Crippen molar-refractivity contribution in [1.82, 2.24) is 5.32 Å². The van der Waals surface area contributed by atoms with E-state index in [-0.39, 0.29) is 18.2 Å². The first-order valence-electron chi connectivity index (χ1n) is 12.2. The minimum atomic E-state index is -0.481. The van der Waals surface area contributed by atoms with Crippen molar-refractivity contribution in [1.29, 1.82) is 0 Å². The lowest BCUT2D eigenvalue weighted by atomic mass is 10.1. The first-order valence-corrected chi connectivity index (χ1v) is 12.2. The summed E-state index contributed by atoms with van der Waals surface area (Å²) in [6, 6.07) is 18.5. The Bertz CT molecular complexity index is 1310. The van der Waals surface area contributed by atoms with Gasteiger partial charge in [0.25, 0.3) is 5.91 Å². The van der Waals surface area contributed by atoms with Gasteiger partial charge in [0.2, 0.25) is 5.91 Å². The Labute approximate surface area is 215 Å². The average Bonchev–Trinajstić information content (AvgIpc) is 2.88. The Hall–Kier alpha value is -4.33. The smallest absolute Gasteiger partial charge is 0.294 e. The highest BCUT2D eigenvalue weighted by Gasteiger charge is 2.31. The summed E-state index contributed by atoms with van der Waals surface area (Å²) in [4.78, 5) is 27.4. The summed E-state index contributed by atoms with van der Waals surface area (Å²) in [5, 5.41) is 2.88. The van der Waals surface area contributed by atoms with Crippen molar-refractivity contribution >= 4 is 23.6 Å². The molecule has 7 nitrogen and oxygen atoms in total. The molecule has 0 unspecified atom stereocenters. The largest absolute Gasteiger partial charge is 0.490 e. The van der Waals surface area contributed by atoms with Gasteiger partial charge >= 0.3 is 0 Å². The molecule has 4 rings (SSSR count). The fraction of sp³-hybridized carbons (Fsp3) is 0.241. The maximum Gasteiger partial charge on any atom is 0.294 e. The molecule has 192 valence electrons. The number of carbonyl (C=O) groups is 2. The molecular weight excluding hydrogens is 475 g/mol. The van der Waals surface area contributed by atoms with Crippen LogP contribution in [0.5, 0.6) is 17.2 Å². The number of anilines is 1. The minimum Gasteiger partial charge on any atom is -0.490 e. The molecule has 3 aromatic rings. The summed E-state index contributed by atoms with van der Waals surface area (Å²) in [5.74, 6) is 0.586. The number of para-hydroxylation sites is 2. The van der Waals surface area contributed by atoms with Crippen LogP contribution in [0.2, 0.25) is 0 Å². The minimum absolute atomic E-state index is 0.00921. The molecule has 0 aliphatic carbocycles. The van der Waals surface area contributed by atoms with E-state index < -0.39 is 11.7 Å². The van der Waals surface area contributed by atoms with Crippen molar-refractivity contribution in [2.75, 3.05) is 31.2 Å². The topological polar surface area (TPSA) is 77.1 Å². The molecule has 8 heteroatoms. The second kappa shape index (κ2) is 12.1. The number of benzene rings is 3. The van der Waals surface area contributed by atoms with Crippen molar-refractivity contribution in [3.8, 4) is 17.2 Å². The molecule has 37 heavy (non-hydrogen) atoms. The molecule has 0 spiro atoms. The molecule has 0 fully saturated rings. The zero-order chi connectivity index (χ0) is 26.2. The van der Waals surface area contributed by atoms with Crippen LogP contribution < -0.4 is 24.4 Å². The van der Waals surface area contributed by atoms with Crippen LogP contribution in [0.25, 0.3) is 6.08 Å². The number of hydrogen-bond acceptors (Lipinski definition) is 5. The number of nitrogens with one attached hydrogen (secondary N) is 1. The number of amides is 2. The van der Waals surface area contributed by atoms with Gasteiger partial charge in [0.1, 0.15) is 12.4 Å². The van der Waals surface area contributed by atoms with Crippen LogP contribution in [0.4, 0.5) is 10.1 Å². The van der Waals surface area contributed by atoms with Crippen LogP contribution in [0, 0.1) is 5.82 Å². The van der Waals surface area contributed by atoms with Crippen LogP contribution in [-0.4, -0.2) is 38.1 Å². The van der Waals surface area contributed by atoms with Crippen LogP contribution in [0.3, 0.4) is 0 Å². The second-order valence-electron chi connectivity index (χ2n) is 8.27. The number of halogens is 1. The summed E-state index contributed by atoms with van der Waals surface area (Å²) in [6.07, 6.45) is 2.05. The van der Waals surface area contributed by atoms with Gasteiger partial charge < -0.3 is 19.5 Å². The summed E-state index contributed by atoms with van der Waals surface area (Å²) in [5.41, 5.74) is 1.96. The van der Waals surface area contributed by atoms with Gasteiger partial charge in [-0.05, 0) is 73.9 Å². The molecule has 2 amide bonds. The summed E-state index contributed by atoms with van der Waals surface area (Å²) >= 11 is 0. The Morgan fingerprint density at radius 3 is 2.57 bits per heavy atom. The van der Waals surface area contributed by atoms with Crippen LogP contribution in [-0.2, 0) is 16.0 Å². The molecule has 0 saturated carbocycles. The third-order valence-corrected chi connectivity index (χ3v) is 5.62. The number of nitrogens with zero attached hydrogens (tertiary/aromatic N) is 1. The highest BCUT2D eigenvalue weighted by molar-refractivity contribution is 6.12. The van der Waals surface area contributed by atoms with E-state index >= 15 is 0 Å². The van der Waals surface area contributed by atoms with Gasteiger partial charge in [-0.15, -0.1) is 0 Å². The zero-order valence-electron chi connectivity index (χ0n) is 20.8. The molecular formula is C29H29FN2O5. The molecule has 0 atom stereocenters. The predicted molar refractivity (Wildman–Crippen MR) is 139 cm³/mol. The van der Waals surface area contributed by atoms with Crippen molar-refractivity contribution in [2.45, 2.75) is 20.3 Å². The predicted octanol–water partition coefficient (Wildman–Crippen LogP) is 4.75. The zero-order valence-corrected chi connectivity index (χ0v) is 20.8. The molecule has 0 aromatic heterocycles. The number of fused-ring (bicyclic) bond motifs is 1. The summed E-state index contributed by atoms with van der Waals surface area (Å²) in [7, 11) is 0. The monoisotopic (exact) mass is 504 g/mol. The normalized spacial score (nSPS) is 13.6. The summed E-state index contributed by atoms with van der Waals surface area (Å²) in [6.45, 7) is 5.07. The fourth-order valence-corrected chi connectivity index (χ4v) is 3.96. The van der Waals surface area contributed by atoms with E-state index in [1.54, 1.807) is 36.4 Å². The number of carbonyl (C=O) groups excluding carboxylic acids is 2. The van der Waals surface area contributed by atoms with Crippen molar-refractivity contribution < 1.29 is 28.2 Å². The number of ether oxygens (including phenoxy) is 3. The lowest BCUT2D eigenvalue weighted by Crippen LogP contribution is -2.44. The SMILES string of the molecule is CCOc1ccc(CCNC(=O)CN2C(=O)/C(=C\c3cccc(F)c3)Oc3ccccc32)cc1OCC. The van der Waals surface area contributed by atoms with Gasteiger partial charge in [-0.1, -0.05) is 30.3 Å². The molecule has 0 saturated heterocycles. The third-order valence-electron chi connectivity index (χ3n) is 5.62. The average molecular weight is 505 g/mol. The fourth-order valence-electron chi connectivity index (χ4n) is 3.96. The first-order chi connectivity index (χ1) is 18.0. The van der Waals surface area contributed by atoms with E-state index in [0.717, 1.165) is 5.56 Å². The molecule has 1 aliphatic heterocycles. The van der Waals surface area contributed by atoms with Gasteiger partial charge in [0.15, 0.2) is 23.0 Å². The Morgan fingerprint density at radius 2 is 1.78 bits per heavy atom. The highest BCUT2D eigenvalue weighted by Crippen LogP contribution is 2.35. The molecule has 1 aliphatic rings. The van der Waals surface area contributed by atoms with E-state index in [1.807, 2.05) is 32.0 Å². The van der Waals surface area contributed by atoms with Gasteiger partial charge in [-0.25, -0.2) is 4.39 Å². The van der Waals surface area contributed by atoms with Gasteiger partial charge in [-0.3, -0.25) is 14.5 Å². The maximum atomic E-state index is 13.6. The standard InChI is InChI=1S/C29H29FN2O5/c1-3-35-25-13-12-20(17-26(25)36-4-2)14-15-31-28(33)19-32-23-10-5-6-11-24(23)37-27(29(32)34)18-21-8-7-9-22(30)16-21/h5-13,16-18H,3-4,14-15,19H2,1-2H3,(H,31,33)/b27-18+. The van der Waals surface area contributed by atoms with E-state index in [1.165, 1.54) is 23.1 Å². The Morgan fingerprint density at radius 1 is 1.00 bits per heavy atom. The lowest BCUT2D eigenvalue weighted by molar-refractivity contribution is -0.123. The second-order valence-corrected chi connectivity index (χ2v) is 8.27. The van der Waals surface area contributed by atoms with Crippen LogP contribution in [0.15, 0.2) is 72.5 Å². The van der Waals surface area contributed by atoms with Gasteiger partial charge in [0, 0.05) is 6.54 Å². The van der Waals surface area contributed by atoms with Crippen molar-refractivity contribution in [3.05, 3.63) is 89.4 Å². The van der Waals surface area contributed by atoms with Crippen molar-refractivity contribution in [2.24, 2.45) is 0 Å². The van der Waals surface area contributed by atoms with E-state index in [2.05, 4.69) is 5.32 Å². The summed E-state index contributed by atoms with van der Waals surface area (Å²) < 4.78 is 30.7. The number of rotatable bonds is 10. The Balaban J connectivity index is 1.43. The van der Waals surface area contributed by atoms with Crippen molar-refractivity contribution in [3.63, 3.8) is 0 Å². The van der Waals surface area contributed by atoms with E-state index in [4.69, 9.17) is 14.2 Å². The van der Waals surface area contributed by atoms with E-state index in [9.17, 15) is 14.0 Å². The molecule has 1 N–H and O–H groups in total. The van der Waals surface area contributed by atoms with E-state index in [0.29, 0.717) is 54.7 Å². The molecule has 1 heterocycles. The quantitative estimate of drug-likeness (QED) is 0.404. The lowest BCUT2D eigenvalue weighted by Gasteiger charge is -2.30. The third kappa shape index (κ3) is 6.46. The van der Waals surface area contributed by atoms with Gasteiger partial charge in [-0.2, -0.15) is 0 Å². The number of hydrogen-bond donors (Lipinski definition) is 1.